The van der Waals surface area contributed by atoms with Crippen LogP contribution in [0, 0.1) is 0 Å². The van der Waals surface area contributed by atoms with Gasteiger partial charge in [-0.1, -0.05) is 54.6 Å². The molecule has 1 aliphatic heterocycles. The minimum Gasteiger partial charge on any atom is -0.508 e. The molecule has 5 aromatic rings. The van der Waals surface area contributed by atoms with Gasteiger partial charge in [0.15, 0.2) is 6.29 Å². The Morgan fingerprint density at radius 2 is 1.65 bits per heavy atom. The third kappa shape index (κ3) is 6.84. The molecule has 0 saturated carbocycles. The lowest BCUT2D eigenvalue weighted by molar-refractivity contribution is -0.245. The van der Waals surface area contributed by atoms with Crippen LogP contribution in [-0.2, 0) is 26.1 Å². The lowest BCUT2D eigenvalue weighted by Gasteiger charge is -2.36. The van der Waals surface area contributed by atoms with E-state index in [0.717, 1.165) is 21.4 Å². The van der Waals surface area contributed by atoms with Crippen LogP contribution < -0.4 is 4.72 Å². The van der Waals surface area contributed by atoms with E-state index in [2.05, 4.69) is 9.71 Å². The highest BCUT2D eigenvalue weighted by Gasteiger charge is 2.32. The van der Waals surface area contributed by atoms with E-state index >= 15 is 0 Å². The van der Waals surface area contributed by atoms with E-state index in [1.54, 1.807) is 60.4 Å². The van der Waals surface area contributed by atoms with Gasteiger partial charge in [-0.3, -0.25) is 9.71 Å². The predicted molar refractivity (Wildman–Crippen MR) is 166 cm³/mol. The van der Waals surface area contributed by atoms with Gasteiger partial charge in [0.1, 0.15) is 10.6 Å². The van der Waals surface area contributed by atoms with E-state index in [-0.39, 0.29) is 29.5 Å². The smallest absolute Gasteiger partial charge is 0.264 e. The summed E-state index contributed by atoms with van der Waals surface area (Å²) >= 11 is 1.62. The van der Waals surface area contributed by atoms with Crippen molar-refractivity contribution in [2.24, 2.45) is 0 Å². The molecule has 3 unspecified atom stereocenters. The van der Waals surface area contributed by atoms with Gasteiger partial charge in [0.25, 0.3) is 10.0 Å². The number of aromatic hydroxyl groups is 1. The van der Waals surface area contributed by atoms with E-state index in [0.29, 0.717) is 28.9 Å². The second kappa shape index (κ2) is 12.7. The number of aliphatic hydroxyl groups is 1. The molecule has 0 radical (unpaired) electrons. The highest BCUT2D eigenvalue weighted by Crippen LogP contribution is 2.40. The molecule has 3 atom stereocenters. The van der Waals surface area contributed by atoms with Crippen molar-refractivity contribution in [1.29, 1.82) is 0 Å². The maximum absolute atomic E-state index is 13.4. The topological polar surface area (TPSA) is 118 Å². The van der Waals surface area contributed by atoms with Crippen LogP contribution in [0.15, 0.2) is 119 Å². The molecule has 1 aliphatic rings. The molecule has 43 heavy (non-hydrogen) atoms. The lowest BCUT2D eigenvalue weighted by Crippen LogP contribution is -2.31. The Balaban J connectivity index is 1.25. The molecule has 220 valence electrons. The number of thioether (sulfide) groups is 1. The largest absolute Gasteiger partial charge is 0.508 e. The maximum atomic E-state index is 13.4. The molecule has 1 aromatic heterocycles. The average Bonchev–Trinajstić information content (AvgIpc) is 3.04. The highest BCUT2D eigenvalue weighted by atomic mass is 32.2. The van der Waals surface area contributed by atoms with Crippen molar-refractivity contribution in [3.05, 3.63) is 126 Å². The molecule has 0 spiro atoms. The first-order chi connectivity index (χ1) is 20.9. The van der Waals surface area contributed by atoms with Crippen molar-refractivity contribution in [1.82, 2.24) is 4.98 Å². The average molecular weight is 615 g/mol. The number of rotatable bonds is 9. The zero-order valence-electron chi connectivity index (χ0n) is 23.0. The second-order valence-electron chi connectivity index (χ2n) is 10.2. The zero-order valence-corrected chi connectivity index (χ0v) is 24.7. The monoisotopic (exact) mass is 614 g/mol. The van der Waals surface area contributed by atoms with E-state index in [1.807, 2.05) is 54.6 Å². The Hall–Kier alpha value is -3.93. The van der Waals surface area contributed by atoms with Crippen LogP contribution in [0.5, 0.6) is 5.75 Å². The summed E-state index contributed by atoms with van der Waals surface area (Å²) in [4.78, 5) is 5.40. The number of hydrogen-bond donors (Lipinski definition) is 3. The summed E-state index contributed by atoms with van der Waals surface area (Å²) in [5.74, 6) is 0.862. The lowest BCUT2D eigenvalue weighted by atomic mass is 10.0. The van der Waals surface area contributed by atoms with Gasteiger partial charge in [0.2, 0.25) is 0 Å². The first kappa shape index (κ1) is 29.2. The molecule has 0 bridgehead atoms. The summed E-state index contributed by atoms with van der Waals surface area (Å²) in [6, 6.07) is 30.4. The van der Waals surface area contributed by atoms with E-state index < -0.39 is 16.3 Å². The van der Waals surface area contributed by atoms with Gasteiger partial charge in [-0.15, -0.1) is 11.8 Å². The van der Waals surface area contributed by atoms with E-state index in [4.69, 9.17) is 9.47 Å². The summed E-state index contributed by atoms with van der Waals surface area (Å²) in [6.45, 7) is -0.0407. The molecule has 3 N–H and O–H groups in total. The Morgan fingerprint density at radius 3 is 2.44 bits per heavy atom. The fourth-order valence-electron chi connectivity index (χ4n) is 5.01. The molecule has 2 heterocycles. The van der Waals surface area contributed by atoms with E-state index in [9.17, 15) is 18.6 Å². The maximum Gasteiger partial charge on any atom is 0.264 e. The summed E-state index contributed by atoms with van der Waals surface area (Å²) < 4.78 is 42.4. The van der Waals surface area contributed by atoms with Crippen molar-refractivity contribution in [3.63, 3.8) is 0 Å². The third-order valence-corrected chi connectivity index (χ3v) is 9.74. The molecule has 4 aromatic carbocycles. The quantitative estimate of drug-likeness (QED) is 0.160. The SMILES string of the molecule is O=S(=O)(Nc1cccc(C2OC(CSc3ccc(O)cc3)CC(c3ccc(CO)cc3)O2)c1)c1cccc2cccnc12. The molecule has 0 amide bonds. The number of hydrogen-bond acceptors (Lipinski definition) is 8. The number of pyridine rings is 1. The predicted octanol–water partition coefficient (Wildman–Crippen LogP) is 6.57. The molecular weight excluding hydrogens is 585 g/mol. The van der Waals surface area contributed by atoms with Crippen LogP contribution >= 0.6 is 11.8 Å². The number of anilines is 1. The molecule has 0 aliphatic carbocycles. The molecule has 1 saturated heterocycles. The number of benzene rings is 4. The number of ether oxygens (including phenoxy) is 2. The van der Waals surface area contributed by atoms with Crippen molar-refractivity contribution in [3.8, 4) is 5.75 Å². The van der Waals surface area contributed by atoms with Gasteiger partial charge < -0.3 is 19.7 Å². The van der Waals surface area contributed by atoms with Gasteiger partial charge in [-0.25, -0.2) is 8.42 Å². The number of fused-ring (bicyclic) bond motifs is 1. The number of nitrogens with one attached hydrogen (secondary N) is 1. The first-order valence-corrected chi connectivity index (χ1v) is 16.2. The summed E-state index contributed by atoms with van der Waals surface area (Å²) in [5.41, 5.74) is 3.23. The number of phenolic OH excluding ortho intramolecular Hbond substituents is 1. The van der Waals surface area contributed by atoms with Gasteiger partial charge in [0, 0.05) is 39.9 Å². The minimum atomic E-state index is -3.94. The fourth-order valence-corrected chi connectivity index (χ4v) is 7.16. The standard InChI is InChI=1S/C33H30N2O6S2/c36-20-22-9-11-23(12-10-22)30-19-28(21-42-29-15-13-27(37)14-16-29)40-33(41-30)25-5-1-7-26(18-25)35-43(38,39)31-8-2-4-24-6-3-17-34-32(24)31/h1-18,28,30,33,35-37H,19-21H2. The molecule has 1 fully saturated rings. The van der Waals surface area contributed by atoms with Crippen LogP contribution in [0.4, 0.5) is 5.69 Å². The number of aromatic nitrogens is 1. The van der Waals surface area contributed by atoms with Gasteiger partial charge in [0.05, 0.1) is 24.3 Å². The normalized spacial score (nSPS) is 18.9. The Labute approximate surface area is 254 Å². The van der Waals surface area contributed by atoms with Gasteiger partial charge >= 0.3 is 0 Å². The highest BCUT2D eigenvalue weighted by molar-refractivity contribution is 7.99. The van der Waals surface area contributed by atoms with Gasteiger partial charge in [-0.2, -0.15) is 0 Å². The molecule has 8 nitrogen and oxygen atoms in total. The van der Waals surface area contributed by atoms with Crippen molar-refractivity contribution < 1.29 is 28.1 Å². The Morgan fingerprint density at radius 1 is 0.884 bits per heavy atom. The number of phenols is 1. The Kier molecular flexibility index (Phi) is 8.64. The van der Waals surface area contributed by atoms with Crippen LogP contribution in [0.3, 0.4) is 0 Å². The molecule has 10 heteroatoms. The van der Waals surface area contributed by atoms with Gasteiger partial charge in [-0.05, 0) is 59.7 Å². The van der Waals surface area contributed by atoms with Crippen LogP contribution in [-0.4, -0.2) is 35.5 Å². The van der Waals surface area contributed by atoms with Crippen LogP contribution in [0.25, 0.3) is 10.9 Å². The minimum absolute atomic E-state index is 0.0407. The van der Waals surface area contributed by atoms with Crippen molar-refractivity contribution >= 4 is 38.4 Å². The molecular formula is C33H30N2O6S2. The number of aliphatic hydroxyl groups excluding tert-OH is 1. The van der Waals surface area contributed by atoms with Crippen molar-refractivity contribution in [2.45, 2.75) is 41.3 Å². The zero-order chi connectivity index (χ0) is 29.8. The number of nitrogens with zero attached hydrogens (tertiary/aromatic N) is 1. The fraction of sp³-hybridized carbons (Fsp3) is 0.182. The second-order valence-corrected chi connectivity index (χ2v) is 13.0. The summed E-state index contributed by atoms with van der Waals surface area (Å²) in [5, 5.41) is 19.8. The van der Waals surface area contributed by atoms with Crippen molar-refractivity contribution in [2.75, 3.05) is 10.5 Å². The molecule has 6 rings (SSSR count). The summed E-state index contributed by atoms with van der Waals surface area (Å²) in [6.07, 6.45) is 0.983. The third-order valence-electron chi connectivity index (χ3n) is 7.18. The number of para-hydroxylation sites is 1. The van der Waals surface area contributed by atoms with E-state index in [1.165, 1.54) is 6.07 Å². The Bertz CT molecular complexity index is 1810. The van der Waals surface area contributed by atoms with Crippen LogP contribution in [0.1, 0.15) is 35.5 Å². The van der Waals surface area contributed by atoms with Crippen LogP contribution in [0.2, 0.25) is 0 Å². The number of sulfonamides is 1. The summed E-state index contributed by atoms with van der Waals surface area (Å²) in [7, 11) is -3.94. The first-order valence-electron chi connectivity index (χ1n) is 13.8.